The van der Waals surface area contributed by atoms with E-state index in [1.807, 2.05) is 0 Å². The number of ether oxygens (including phenoxy) is 1. The number of hydrogen-bond donors (Lipinski definition) is 4. The normalized spacial score (nSPS) is 12.2. The Balaban J connectivity index is 1.94. The van der Waals surface area contributed by atoms with Gasteiger partial charge in [-0.1, -0.05) is 35.3 Å². The average Bonchev–Trinajstić information content (AvgIpc) is 3.04. The molecule has 31 heavy (non-hydrogen) atoms. The molecule has 1 aromatic heterocycles. The number of carboxylic acids is 1. The molecule has 2 aromatic rings. The first-order valence-corrected chi connectivity index (χ1v) is 11.8. The summed E-state index contributed by atoms with van der Waals surface area (Å²) in [7, 11) is -4.17. The summed E-state index contributed by atoms with van der Waals surface area (Å²) >= 11 is 12.5. The van der Waals surface area contributed by atoms with E-state index in [1.54, 1.807) is 24.3 Å². The summed E-state index contributed by atoms with van der Waals surface area (Å²) in [6.07, 6.45) is 0.452. The predicted molar refractivity (Wildman–Crippen MR) is 118 cm³/mol. The molecule has 0 spiro atoms. The van der Waals surface area contributed by atoms with Crippen LogP contribution in [0.25, 0.3) is 0 Å². The van der Waals surface area contributed by atoms with Gasteiger partial charge in [-0.2, -0.15) is 4.72 Å². The molecule has 1 unspecified atom stereocenters. The van der Waals surface area contributed by atoms with Crippen molar-refractivity contribution >= 4 is 56.5 Å². The standard InChI is InChI=1S/C17H20Cl2N4O6S2/c18-14-9-13(15(19)30-14)31(26,27)23-12(16(24)25)8-10-2-4-11(5-3-10)28-6-1-7-29-22-17(20)21/h2-5,9,12,23H,1,6-8H2,(H,24,25)(H4,20,21,22). The molecule has 14 heteroatoms. The molecule has 170 valence electrons. The van der Waals surface area contributed by atoms with Gasteiger partial charge in [-0.15, -0.1) is 11.3 Å². The molecule has 1 heterocycles. The minimum absolute atomic E-state index is 0.0492. The van der Waals surface area contributed by atoms with Crippen molar-refractivity contribution < 1.29 is 27.9 Å². The second kappa shape index (κ2) is 11.4. The Kier molecular flexibility index (Phi) is 9.19. The first-order valence-electron chi connectivity index (χ1n) is 8.71. The Morgan fingerprint density at radius 3 is 2.45 bits per heavy atom. The average molecular weight is 511 g/mol. The highest BCUT2D eigenvalue weighted by atomic mass is 35.5. The highest BCUT2D eigenvalue weighted by Crippen LogP contribution is 2.34. The van der Waals surface area contributed by atoms with E-state index in [2.05, 4.69) is 9.88 Å². The lowest BCUT2D eigenvalue weighted by atomic mass is 10.1. The zero-order chi connectivity index (χ0) is 23.0. The zero-order valence-electron chi connectivity index (χ0n) is 16.0. The number of nitrogens with zero attached hydrogens (tertiary/aromatic N) is 1. The molecule has 0 fully saturated rings. The zero-order valence-corrected chi connectivity index (χ0v) is 19.1. The number of thiophene rings is 1. The molecule has 0 aliphatic carbocycles. The van der Waals surface area contributed by atoms with E-state index >= 15 is 0 Å². The molecular weight excluding hydrogens is 491 g/mol. The number of aliphatic carboxylic acids is 1. The number of guanidine groups is 1. The van der Waals surface area contributed by atoms with Crippen molar-refractivity contribution in [2.45, 2.75) is 23.8 Å². The van der Waals surface area contributed by atoms with Gasteiger partial charge in [-0.3, -0.25) is 4.79 Å². The molecule has 0 bridgehead atoms. The van der Waals surface area contributed by atoms with Gasteiger partial charge in [0.2, 0.25) is 16.0 Å². The second-order valence-electron chi connectivity index (χ2n) is 6.10. The van der Waals surface area contributed by atoms with Gasteiger partial charge in [0, 0.05) is 6.42 Å². The molecule has 2 rings (SSSR count). The number of carboxylic acid groups (broad SMARTS) is 1. The molecular formula is C17H20Cl2N4O6S2. The van der Waals surface area contributed by atoms with Crippen molar-refractivity contribution in [3.8, 4) is 5.75 Å². The molecule has 10 nitrogen and oxygen atoms in total. The van der Waals surface area contributed by atoms with Crippen molar-refractivity contribution in [3.05, 3.63) is 44.6 Å². The molecule has 1 atom stereocenters. The molecule has 1 aromatic carbocycles. The summed E-state index contributed by atoms with van der Waals surface area (Å²) in [4.78, 5) is 16.2. The third kappa shape index (κ3) is 8.07. The summed E-state index contributed by atoms with van der Waals surface area (Å²) in [6.45, 7) is 0.622. The maximum atomic E-state index is 12.5. The van der Waals surface area contributed by atoms with Gasteiger partial charge < -0.3 is 26.1 Å². The van der Waals surface area contributed by atoms with Crippen LogP contribution in [0.15, 0.2) is 40.4 Å². The molecule has 6 N–H and O–H groups in total. The SMILES string of the molecule is NC(N)=NOCCCOc1ccc(CC(NS(=O)(=O)c2cc(Cl)sc2Cl)C(=O)O)cc1. The number of oxime groups is 1. The molecule has 0 amide bonds. The van der Waals surface area contributed by atoms with Crippen LogP contribution in [-0.4, -0.2) is 44.7 Å². The third-order valence-corrected chi connectivity index (χ3v) is 6.92. The summed E-state index contributed by atoms with van der Waals surface area (Å²) in [5.41, 5.74) is 10.8. The van der Waals surface area contributed by atoms with E-state index in [0.717, 1.165) is 11.3 Å². The first-order chi connectivity index (χ1) is 14.6. The number of hydrogen-bond acceptors (Lipinski definition) is 7. The van der Waals surface area contributed by atoms with E-state index in [0.29, 0.717) is 24.3 Å². The first kappa shape index (κ1) is 25.0. The topological polar surface area (TPSA) is 166 Å². The van der Waals surface area contributed by atoms with E-state index in [1.165, 1.54) is 6.07 Å². The minimum Gasteiger partial charge on any atom is -0.493 e. The van der Waals surface area contributed by atoms with Crippen LogP contribution in [0.1, 0.15) is 12.0 Å². The highest BCUT2D eigenvalue weighted by molar-refractivity contribution is 7.89. The molecule has 0 saturated heterocycles. The molecule has 0 aliphatic heterocycles. The van der Waals surface area contributed by atoms with Crippen molar-refractivity contribution in [2.24, 2.45) is 16.6 Å². The van der Waals surface area contributed by atoms with Crippen LogP contribution in [0.3, 0.4) is 0 Å². The Hall–Kier alpha value is -2.25. The number of carbonyl (C=O) groups is 1. The summed E-state index contributed by atoms with van der Waals surface area (Å²) in [5.74, 6) is -0.944. The number of rotatable bonds is 12. The lowest BCUT2D eigenvalue weighted by Gasteiger charge is -2.15. The lowest BCUT2D eigenvalue weighted by Crippen LogP contribution is -2.42. The maximum absolute atomic E-state index is 12.5. The van der Waals surface area contributed by atoms with Crippen molar-refractivity contribution in [1.29, 1.82) is 0 Å². The van der Waals surface area contributed by atoms with Crippen LogP contribution in [0.5, 0.6) is 5.75 Å². The Bertz CT molecular complexity index is 1020. The largest absolute Gasteiger partial charge is 0.493 e. The summed E-state index contributed by atoms with van der Waals surface area (Å²) < 4.78 is 32.8. The second-order valence-corrected chi connectivity index (χ2v) is 10.1. The highest BCUT2D eigenvalue weighted by Gasteiger charge is 2.28. The Morgan fingerprint density at radius 1 is 1.23 bits per heavy atom. The van der Waals surface area contributed by atoms with Gasteiger partial charge in [0.25, 0.3) is 0 Å². The number of nitrogens with two attached hydrogens (primary N) is 2. The van der Waals surface area contributed by atoms with Crippen LogP contribution in [0.4, 0.5) is 0 Å². The van der Waals surface area contributed by atoms with E-state index in [-0.39, 0.29) is 32.6 Å². The Morgan fingerprint density at radius 2 is 1.90 bits per heavy atom. The van der Waals surface area contributed by atoms with Crippen LogP contribution in [0.2, 0.25) is 8.67 Å². The molecule has 0 radical (unpaired) electrons. The van der Waals surface area contributed by atoms with Crippen molar-refractivity contribution in [2.75, 3.05) is 13.2 Å². The van der Waals surface area contributed by atoms with Crippen LogP contribution in [0, 0.1) is 0 Å². The van der Waals surface area contributed by atoms with Gasteiger partial charge in [0.1, 0.15) is 27.6 Å². The fourth-order valence-corrected chi connectivity index (χ4v) is 5.67. The third-order valence-electron chi connectivity index (χ3n) is 3.69. The van der Waals surface area contributed by atoms with Gasteiger partial charge in [-0.25, -0.2) is 8.42 Å². The number of sulfonamides is 1. The van der Waals surface area contributed by atoms with Crippen molar-refractivity contribution in [1.82, 2.24) is 4.72 Å². The van der Waals surface area contributed by atoms with Crippen LogP contribution >= 0.6 is 34.5 Å². The number of nitrogens with one attached hydrogen (secondary N) is 1. The van der Waals surface area contributed by atoms with Gasteiger partial charge in [0.15, 0.2) is 0 Å². The Labute approximate surface area is 192 Å². The number of halogens is 2. The van der Waals surface area contributed by atoms with E-state index in [4.69, 9.17) is 44.2 Å². The quantitative estimate of drug-likeness (QED) is 0.145. The molecule has 0 saturated carbocycles. The van der Waals surface area contributed by atoms with Crippen LogP contribution in [-0.2, 0) is 26.1 Å². The minimum atomic E-state index is -4.17. The summed E-state index contributed by atoms with van der Waals surface area (Å²) in [6, 6.07) is 6.35. The van der Waals surface area contributed by atoms with Gasteiger partial charge >= 0.3 is 5.97 Å². The predicted octanol–water partition coefficient (Wildman–Crippen LogP) is 2.00. The number of benzene rings is 1. The fourth-order valence-electron chi connectivity index (χ4n) is 2.33. The monoisotopic (exact) mass is 510 g/mol. The van der Waals surface area contributed by atoms with Gasteiger partial charge in [-0.05, 0) is 35.3 Å². The van der Waals surface area contributed by atoms with E-state index in [9.17, 15) is 18.3 Å². The lowest BCUT2D eigenvalue weighted by molar-refractivity contribution is -0.138. The van der Waals surface area contributed by atoms with Crippen LogP contribution < -0.4 is 20.9 Å². The van der Waals surface area contributed by atoms with Gasteiger partial charge in [0.05, 0.1) is 10.9 Å². The molecule has 0 aliphatic rings. The van der Waals surface area contributed by atoms with E-state index < -0.39 is 22.0 Å². The fraction of sp³-hybridized carbons (Fsp3) is 0.294. The summed E-state index contributed by atoms with van der Waals surface area (Å²) in [5, 5.41) is 12.8. The maximum Gasteiger partial charge on any atom is 0.322 e. The van der Waals surface area contributed by atoms with Crippen molar-refractivity contribution in [3.63, 3.8) is 0 Å². The smallest absolute Gasteiger partial charge is 0.322 e.